The fourth-order valence-electron chi connectivity index (χ4n) is 1.14. The van der Waals surface area contributed by atoms with Gasteiger partial charge in [0.25, 0.3) is 0 Å². The summed E-state index contributed by atoms with van der Waals surface area (Å²) < 4.78 is 22.3. The summed E-state index contributed by atoms with van der Waals surface area (Å²) in [7, 11) is -3.16. The lowest BCUT2D eigenvalue weighted by molar-refractivity contribution is 0.602. The molecule has 0 spiro atoms. The van der Waals surface area contributed by atoms with Crippen LogP contribution in [0.25, 0.3) is 10.4 Å². The molecule has 6 heteroatoms. The Kier molecular flexibility index (Phi) is 3.34. The Hall–Kier alpha value is -1.52. The first-order valence-corrected chi connectivity index (χ1v) is 6.18. The van der Waals surface area contributed by atoms with Crippen molar-refractivity contribution in [1.29, 1.82) is 0 Å². The van der Waals surface area contributed by atoms with E-state index in [1.165, 1.54) is 12.1 Å². The largest absolute Gasteiger partial charge is 0.224 e. The number of azide groups is 1. The van der Waals surface area contributed by atoms with Gasteiger partial charge >= 0.3 is 0 Å². The first-order valence-electron chi connectivity index (χ1n) is 4.29. The van der Waals surface area contributed by atoms with E-state index in [2.05, 4.69) is 10.0 Å². The summed E-state index contributed by atoms with van der Waals surface area (Å²) in [6, 6.07) is 6.02. The van der Waals surface area contributed by atoms with Gasteiger partial charge in [0.15, 0.2) is 9.84 Å². The van der Waals surface area contributed by atoms with Crippen LogP contribution in [0.1, 0.15) is 18.5 Å². The van der Waals surface area contributed by atoms with Gasteiger partial charge in [0.05, 0.1) is 10.9 Å². The van der Waals surface area contributed by atoms with Crippen molar-refractivity contribution in [3.63, 3.8) is 0 Å². The molecule has 0 heterocycles. The minimum absolute atomic E-state index is 0.263. The van der Waals surface area contributed by atoms with E-state index in [0.717, 1.165) is 11.8 Å². The van der Waals surface area contributed by atoms with Gasteiger partial charge in [0, 0.05) is 11.2 Å². The topological polar surface area (TPSA) is 82.9 Å². The van der Waals surface area contributed by atoms with Gasteiger partial charge in [-0.05, 0) is 23.2 Å². The monoisotopic (exact) mass is 225 g/mol. The van der Waals surface area contributed by atoms with E-state index in [1.807, 2.05) is 0 Å². The third-order valence-electron chi connectivity index (χ3n) is 2.02. The van der Waals surface area contributed by atoms with Gasteiger partial charge in [-0.3, -0.25) is 0 Å². The highest BCUT2D eigenvalue weighted by atomic mass is 32.2. The molecule has 0 radical (unpaired) electrons. The van der Waals surface area contributed by atoms with Gasteiger partial charge < -0.3 is 0 Å². The summed E-state index contributed by atoms with van der Waals surface area (Å²) in [5.41, 5.74) is 9.04. The van der Waals surface area contributed by atoms with Crippen LogP contribution >= 0.6 is 0 Å². The van der Waals surface area contributed by atoms with Crippen LogP contribution in [-0.4, -0.2) is 14.7 Å². The first kappa shape index (κ1) is 11.6. The lowest BCUT2D eigenvalue weighted by atomic mass is 10.1. The maximum absolute atomic E-state index is 11.2. The second-order valence-electron chi connectivity index (χ2n) is 3.22. The molecule has 1 atom stereocenters. The number of nitrogens with zero attached hydrogens (tertiary/aromatic N) is 3. The Morgan fingerprint density at radius 1 is 1.33 bits per heavy atom. The third kappa shape index (κ3) is 2.97. The van der Waals surface area contributed by atoms with Gasteiger partial charge in [0.2, 0.25) is 0 Å². The van der Waals surface area contributed by atoms with Crippen molar-refractivity contribution < 1.29 is 8.42 Å². The van der Waals surface area contributed by atoms with Crippen molar-refractivity contribution in [3.05, 3.63) is 40.3 Å². The molecule has 5 nitrogen and oxygen atoms in total. The predicted molar refractivity (Wildman–Crippen MR) is 57.1 cm³/mol. The minimum Gasteiger partial charge on any atom is -0.224 e. The fraction of sp³-hybridized carbons (Fsp3) is 0.333. The standard InChI is InChI=1S/C9H11N3O2S/c1-7(11-12-10)8-3-5-9(6-4-8)15(2,13)14/h3-7H,1-2H3/t7-/m1/s1. The Labute approximate surface area is 88.3 Å². The SMILES string of the molecule is C[C@@H](N=[N+]=[N-])c1ccc(S(C)(=O)=O)cc1. The maximum Gasteiger partial charge on any atom is 0.175 e. The van der Waals surface area contributed by atoms with Crippen molar-refractivity contribution in [3.8, 4) is 0 Å². The van der Waals surface area contributed by atoms with Crippen LogP contribution in [0.5, 0.6) is 0 Å². The minimum atomic E-state index is -3.16. The summed E-state index contributed by atoms with van der Waals surface area (Å²) in [4.78, 5) is 2.95. The number of benzene rings is 1. The maximum atomic E-state index is 11.2. The van der Waals surface area contributed by atoms with Crippen molar-refractivity contribution in [2.45, 2.75) is 17.9 Å². The molecule has 1 aromatic carbocycles. The molecule has 0 aliphatic carbocycles. The molecule has 0 aliphatic heterocycles. The van der Waals surface area contributed by atoms with Crippen LogP contribution < -0.4 is 0 Å². The zero-order chi connectivity index (χ0) is 11.5. The molecule has 0 saturated carbocycles. The Balaban J connectivity index is 3.05. The van der Waals surface area contributed by atoms with Crippen molar-refractivity contribution in [2.24, 2.45) is 5.11 Å². The van der Waals surface area contributed by atoms with Gasteiger partial charge in [-0.2, -0.15) is 0 Å². The molecule has 1 rings (SSSR count). The van der Waals surface area contributed by atoms with Crippen LogP contribution in [0.2, 0.25) is 0 Å². The van der Waals surface area contributed by atoms with E-state index < -0.39 is 9.84 Å². The zero-order valence-electron chi connectivity index (χ0n) is 8.45. The first-order chi connectivity index (χ1) is 6.95. The summed E-state index contributed by atoms with van der Waals surface area (Å²) in [6.07, 6.45) is 1.15. The summed E-state index contributed by atoms with van der Waals surface area (Å²) in [6.45, 7) is 1.75. The molecule has 0 aliphatic rings. The average molecular weight is 225 g/mol. The van der Waals surface area contributed by atoms with E-state index in [-0.39, 0.29) is 10.9 Å². The molecule has 0 bridgehead atoms. The number of hydrogen-bond acceptors (Lipinski definition) is 3. The molecule has 1 aromatic rings. The van der Waals surface area contributed by atoms with Crippen LogP contribution in [0.15, 0.2) is 34.3 Å². The molecule has 0 amide bonds. The lowest BCUT2D eigenvalue weighted by Gasteiger charge is -2.05. The molecule has 15 heavy (non-hydrogen) atoms. The summed E-state index contributed by atoms with van der Waals surface area (Å²) in [5, 5.41) is 3.52. The lowest BCUT2D eigenvalue weighted by Crippen LogP contribution is -1.97. The van der Waals surface area contributed by atoms with E-state index in [4.69, 9.17) is 5.53 Å². The van der Waals surface area contributed by atoms with Gasteiger partial charge in [0.1, 0.15) is 0 Å². The van der Waals surface area contributed by atoms with Crippen LogP contribution in [0.3, 0.4) is 0 Å². The molecule has 0 N–H and O–H groups in total. The molecule has 80 valence electrons. The summed E-state index contributed by atoms with van der Waals surface area (Å²) >= 11 is 0. The van der Waals surface area contributed by atoms with Crippen LogP contribution in [-0.2, 0) is 9.84 Å². The molecule has 0 saturated heterocycles. The van der Waals surface area contributed by atoms with Gasteiger partial charge in [-0.1, -0.05) is 24.2 Å². The highest BCUT2D eigenvalue weighted by Crippen LogP contribution is 2.18. The Bertz CT molecular complexity index is 487. The third-order valence-corrected chi connectivity index (χ3v) is 3.14. The molecular formula is C9H11N3O2S. The van der Waals surface area contributed by atoms with Crippen molar-refractivity contribution in [1.82, 2.24) is 0 Å². The molecule has 0 aromatic heterocycles. The van der Waals surface area contributed by atoms with Crippen molar-refractivity contribution in [2.75, 3.05) is 6.26 Å². The highest BCUT2D eigenvalue weighted by Gasteiger charge is 2.08. The van der Waals surface area contributed by atoms with Crippen LogP contribution in [0.4, 0.5) is 0 Å². The molecule has 0 unspecified atom stereocenters. The molecular weight excluding hydrogens is 214 g/mol. The quantitative estimate of drug-likeness (QED) is 0.449. The van der Waals surface area contributed by atoms with E-state index in [1.54, 1.807) is 19.1 Å². The normalized spacial score (nSPS) is 12.9. The molecule has 0 fully saturated rings. The Morgan fingerprint density at radius 2 is 1.87 bits per heavy atom. The highest BCUT2D eigenvalue weighted by molar-refractivity contribution is 7.90. The van der Waals surface area contributed by atoms with E-state index in [9.17, 15) is 8.42 Å². The van der Waals surface area contributed by atoms with E-state index in [0.29, 0.717) is 0 Å². The fourth-order valence-corrected chi connectivity index (χ4v) is 1.77. The smallest absolute Gasteiger partial charge is 0.175 e. The van der Waals surface area contributed by atoms with Crippen LogP contribution in [0, 0.1) is 0 Å². The average Bonchev–Trinajstić information content (AvgIpc) is 2.17. The second kappa shape index (κ2) is 4.33. The second-order valence-corrected chi connectivity index (χ2v) is 5.24. The Morgan fingerprint density at radius 3 is 2.27 bits per heavy atom. The number of hydrogen-bond donors (Lipinski definition) is 0. The van der Waals surface area contributed by atoms with Gasteiger partial charge in [-0.15, -0.1) is 0 Å². The van der Waals surface area contributed by atoms with E-state index >= 15 is 0 Å². The zero-order valence-corrected chi connectivity index (χ0v) is 9.27. The number of sulfone groups is 1. The van der Waals surface area contributed by atoms with Crippen molar-refractivity contribution >= 4 is 9.84 Å². The number of rotatable bonds is 3. The predicted octanol–water partition coefficient (Wildman–Crippen LogP) is 2.46. The van der Waals surface area contributed by atoms with Gasteiger partial charge in [-0.25, -0.2) is 8.42 Å². The summed E-state index contributed by atoms with van der Waals surface area (Å²) in [5.74, 6) is 0.